The molecule has 3 rings (SSSR count). The molecule has 4 heteroatoms. The number of ether oxygens (including phenoxy) is 2. The van der Waals surface area contributed by atoms with Crippen LogP contribution in [0.4, 0.5) is 0 Å². The molecule has 37 heavy (non-hydrogen) atoms. The van der Waals surface area contributed by atoms with E-state index in [0.717, 1.165) is 58.4 Å². The molecule has 0 saturated carbocycles. The van der Waals surface area contributed by atoms with Gasteiger partial charge in [0.15, 0.2) is 0 Å². The highest BCUT2D eigenvalue weighted by Crippen LogP contribution is 2.35. The molecule has 3 aromatic rings. The van der Waals surface area contributed by atoms with Gasteiger partial charge in [-0.05, 0) is 91.6 Å². The molecular formula is C33H39NO3. The maximum atomic E-state index is 10.4. The van der Waals surface area contributed by atoms with Gasteiger partial charge in [0.25, 0.3) is 0 Å². The van der Waals surface area contributed by atoms with Crippen molar-refractivity contribution in [3.63, 3.8) is 0 Å². The van der Waals surface area contributed by atoms with E-state index < -0.39 is 5.60 Å². The standard InChI is InChI=1S/C33H39NO3/c1-8-27(9-2)37-31-17-14-24(19-25(31)21-34)30-13-11-12-23(28(30)10-3)18-22(4)29-16-15-26(33(5,6)35)20-32(29)36-7/h11-20,27,35H,8-10H2,1-7H3/b22-18+. The third kappa shape index (κ3) is 6.42. The fourth-order valence-electron chi connectivity index (χ4n) is 4.64. The number of hydrogen-bond donors (Lipinski definition) is 1. The SMILES string of the molecule is CCc1c(/C=C(\C)c2ccc(C(C)(C)O)cc2OC)cccc1-c1ccc(OC(CC)CC)c(C#N)c1. The van der Waals surface area contributed by atoms with Gasteiger partial charge in [-0.15, -0.1) is 0 Å². The zero-order valence-electron chi connectivity index (χ0n) is 23.2. The molecule has 0 aliphatic carbocycles. The van der Waals surface area contributed by atoms with E-state index in [0.29, 0.717) is 11.3 Å². The lowest BCUT2D eigenvalue weighted by Crippen LogP contribution is -2.15. The Morgan fingerprint density at radius 2 is 1.76 bits per heavy atom. The smallest absolute Gasteiger partial charge is 0.137 e. The van der Waals surface area contributed by atoms with Crippen LogP contribution < -0.4 is 9.47 Å². The summed E-state index contributed by atoms with van der Waals surface area (Å²) in [5, 5.41) is 20.2. The normalized spacial score (nSPS) is 11.9. The maximum Gasteiger partial charge on any atom is 0.137 e. The molecular weight excluding hydrogens is 458 g/mol. The summed E-state index contributed by atoms with van der Waals surface area (Å²) in [5.41, 5.74) is 6.93. The highest BCUT2D eigenvalue weighted by molar-refractivity contribution is 5.86. The minimum Gasteiger partial charge on any atom is -0.496 e. The van der Waals surface area contributed by atoms with Gasteiger partial charge < -0.3 is 14.6 Å². The Morgan fingerprint density at radius 3 is 2.35 bits per heavy atom. The summed E-state index contributed by atoms with van der Waals surface area (Å²) in [5.74, 6) is 1.38. The van der Waals surface area contributed by atoms with Crippen molar-refractivity contribution in [2.24, 2.45) is 0 Å². The minimum absolute atomic E-state index is 0.107. The number of benzene rings is 3. The molecule has 0 fully saturated rings. The van der Waals surface area contributed by atoms with Crippen LogP contribution in [0.5, 0.6) is 11.5 Å². The number of rotatable bonds is 10. The van der Waals surface area contributed by atoms with E-state index in [9.17, 15) is 10.4 Å². The van der Waals surface area contributed by atoms with Gasteiger partial charge in [0.2, 0.25) is 0 Å². The monoisotopic (exact) mass is 497 g/mol. The van der Waals surface area contributed by atoms with Gasteiger partial charge in [-0.3, -0.25) is 0 Å². The van der Waals surface area contributed by atoms with Gasteiger partial charge in [-0.25, -0.2) is 0 Å². The Labute approximate surface area is 222 Å². The van der Waals surface area contributed by atoms with E-state index in [-0.39, 0.29) is 6.10 Å². The summed E-state index contributed by atoms with van der Waals surface area (Å²) in [6.07, 6.45) is 4.94. The molecule has 3 aromatic carbocycles. The van der Waals surface area contributed by atoms with E-state index in [4.69, 9.17) is 9.47 Å². The zero-order chi connectivity index (χ0) is 27.2. The number of methoxy groups -OCH3 is 1. The highest BCUT2D eigenvalue weighted by atomic mass is 16.5. The van der Waals surface area contributed by atoms with Crippen LogP contribution >= 0.6 is 0 Å². The van der Waals surface area contributed by atoms with Crippen LogP contribution in [0.25, 0.3) is 22.8 Å². The van der Waals surface area contributed by atoms with Gasteiger partial charge in [0, 0.05) is 5.56 Å². The Hall–Kier alpha value is -3.55. The molecule has 0 spiro atoms. The van der Waals surface area contributed by atoms with Crippen LogP contribution in [0.15, 0.2) is 54.6 Å². The van der Waals surface area contributed by atoms with E-state index in [1.165, 1.54) is 5.56 Å². The Balaban J connectivity index is 2.04. The molecule has 0 bridgehead atoms. The maximum absolute atomic E-state index is 10.4. The molecule has 0 aromatic heterocycles. The lowest BCUT2D eigenvalue weighted by molar-refractivity contribution is 0.0783. The summed E-state index contributed by atoms with van der Waals surface area (Å²) in [7, 11) is 1.65. The molecule has 0 aliphatic heterocycles. The molecule has 0 radical (unpaired) electrons. The number of allylic oxidation sites excluding steroid dienone is 1. The summed E-state index contributed by atoms with van der Waals surface area (Å²) in [6, 6.07) is 20.4. The summed E-state index contributed by atoms with van der Waals surface area (Å²) in [6.45, 7) is 12.0. The summed E-state index contributed by atoms with van der Waals surface area (Å²) in [4.78, 5) is 0. The average Bonchev–Trinajstić information content (AvgIpc) is 2.90. The molecule has 1 N–H and O–H groups in total. The zero-order valence-corrected chi connectivity index (χ0v) is 23.2. The Kier molecular flexibility index (Phi) is 9.18. The lowest BCUT2D eigenvalue weighted by atomic mass is 9.90. The van der Waals surface area contributed by atoms with Crippen molar-refractivity contribution in [1.82, 2.24) is 0 Å². The van der Waals surface area contributed by atoms with E-state index >= 15 is 0 Å². The van der Waals surface area contributed by atoms with Crippen LogP contribution in [-0.4, -0.2) is 18.3 Å². The van der Waals surface area contributed by atoms with E-state index in [1.54, 1.807) is 21.0 Å². The first-order valence-electron chi connectivity index (χ1n) is 13.1. The van der Waals surface area contributed by atoms with Crippen LogP contribution in [0.3, 0.4) is 0 Å². The third-order valence-electron chi connectivity index (χ3n) is 6.89. The fraction of sp³-hybridized carbons (Fsp3) is 0.364. The molecule has 0 saturated heterocycles. The third-order valence-corrected chi connectivity index (χ3v) is 6.89. The predicted molar refractivity (Wildman–Crippen MR) is 153 cm³/mol. The first-order valence-corrected chi connectivity index (χ1v) is 13.1. The first kappa shape index (κ1) is 28.0. The van der Waals surface area contributed by atoms with Gasteiger partial charge in [-0.1, -0.05) is 63.2 Å². The molecule has 0 amide bonds. The fourth-order valence-corrected chi connectivity index (χ4v) is 4.64. The molecule has 0 heterocycles. The molecule has 0 unspecified atom stereocenters. The first-order chi connectivity index (χ1) is 17.7. The van der Waals surface area contributed by atoms with E-state index in [1.807, 2.05) is 36.4 Å². The predicted octanol–water partition coefficient (Wildman–Crippen LogP) is 8.15. The Bertz CT molecular complexity index is 1300. The minimum atomic E-state index is -0.940. The molecule has 194 valence electrons. The van der Waals surface area contributed by atoms with Crippen molar-refractivity contribution in [1.29, 1.82) is 5.26 Å². The second kappa shape index (κ2) is 12.1. The lowest BCUT2D eigenvalue weighted by Gasteiger charge is -2.20. The van der Waals surface area contributed by atoms with Crippen molar-refractivity contribution in [3.8, 4) is 28.7 Å². The van der Waals surface area contributed by atoms with Crippen molar-refractivity contribution < 1.29 is 14.6 Å². The quantitative estimate of drug-likeness (QED) is 0.287. The van der Waals surface area contributed by atoms with Crippen LogP contribution in [-0.2, 0) is 12.0 Å². The summed E-state index contributed by atoms with van der Waals surface area (Å²) >= 11 is 0. The van der Waals surface area contributed by atoms with Crippen LogP contribution in [0.2, 0.25) is 0 Å². The largest absolute Gasteiger partial charge is 0.496 e. The second-order valence-corrected chi connectivity index (χ2v) is 9.91. The molecule has 4 nitrogen and oxygen atoms in total. The van der Waals surface area contributed by atoms with Gasteiger partial charge in [0.05, 0.1) is 24.4 Å². The number of nitrogens with zero attached hydrogens (tertiary/aromatic N) is 1. The van der Waals surface area contributed by atoms with Crippen LogP contribution in [0.1, 0.15) is 82.2 Å². The molecule has 0 aliphatic rings. The highest BCUT2D eigenvalue weighted by Gasteiger charge is 2.19. The van der Waals surface area contributed by atoms with Crippen LogP contribution in [0, 0.1) is 11.3 Å². The van der Waals surface area contributed by atoms with Crippen molar-refractivity contribution in [3.05, 3.63) is 82.4 Å². The van der Waals surface area contributed by atoms with Gasteiger partial charge in [-0.2, -0.15) is 5.26 Å². The van der Waals surface area contributed by atoms with Crippen molar-refractivity contribution >= 4 is 11.6 Å². The average molecular weight is 498 g/mol. The van der Waals surface area contributed by atoms with Gasteiger partial charge in [0.1, 0.15) is 17.6 Å². The number of nitriles is 1. The van der Waals surface area contributed by atoms with Crippen molar-refractivity contribution in [2.75, 3.05) is 7.11 Å². The van der Waals surface area contributed by atoms with Gasteiger partial charge >= 0.3 is 0 Å². The van der Waals surface area contributed by atoms with Crippen molar-refractivity contribution in [2.45, 2.75) is 72.5 Å². The summed E-state index contributed by atoms with van der Waals surface area (Å²) < 4.78 is 11.8. The topological polar surface area (TPSA) is 62.5 Å². The molecule has 0 atom stereocenters. The second-order valence-electron chi connectivity index (χ2n) is 9.91. The Morgan fingerprint density at radius 1 is 1.03 bits per heavy atom. The van der Waals surface area contributed by atoms with E-state index in [2.05, 4.69) is 58.0 Å². The number of aliphatic hydroxyl groups is 1. The number of hydrogen-bond acceptors (Lipinski definition) is 4.